The summed E-state index contributed by atoms with van der Waals surface area (Å²) in [6, 6.07) is -0.899. The maximum atomic E-state index is 13.5. The Morgan fingerprint density at radius 1 is 0.493 bits per heavy atom. The van der Waals surface area contributed by atoms with Crippen molar-refractivity contribution >= 4 is 19.7 Å². The number of ether oxygens (including phenoxy) is 1. The zero-order chi connectivity index (χ0) is 53.6. The van der Waals surface area contributed by atoms with E-state index in [4.69, 9.17) is 13.8 Å². The van der Waals surface area contributed by atoms with E-state index in [1.807, 2.05) is 33.3 Å². The van der Waals surface area contributed by atoms with Gasteiger partial charge in [0.05, 0.1) is 33.8 Å². The second-order valence-corrected chi connectivity index (χ2v) is 22.9. The first-order chi connectivity index (χ1) is 35.4. The molecule has 0 aromatic rings. The van der Waals surface area contributed by atoms with E-state index in [-0.39, 0.29) is 24.9 Å². The van der Waals surface area contributed by atoms with Crippen LogP contribution < -0.4 is 10.2 Å². The quantitative estimate of drug-likeness (QED) is 0.0161. The van der Waals surface area contributed by atoms with Gasteiger partial charge in [-0.2, -0.15) is 0 Å². The van der Waals surface area contributed by atoms with Gasteiger partial charge in [0.25, 0.3) is 7.82 Å². The molecule has 0 aliphatic heterocycles. The molecule has 0 radical (unpaired) electrons. The first-order valence-corrected chi connectivity index (χ1v) is 31.7. The Bertz CT molecular complexity index is 1480. The van der Waals surface area contributed by atoms with Crippen LogP contribution in [0.2, 0.25) is 0 Å². The van der Waals surface area contributed by atoms with Crippen molar-refractivity contribution in [3.63, 3.8) is 0 Å². The summed E-state index contributed by atoms with van der Waals surface area (Å²) < 4.78 is 30.2. The SMILES string of the molecule is CCCCC/C=C\C/C=C\C/C=C\CCCCCCCCCCC(=O)NC(COP(=O)([O-])OCC[N+](C)(C)C)C(/C=C\CCCCCCCCCCC)OC(=O)CCCCCCCC/C=C/C=C/CCCCC. The number of likely N-dealkylation sites (N-methyl/N-ethyl adjacent to an activating group) is 1. The third-order valence-electron chi connectivity index (χ3n) is 13.1. The van der Waals surface area contributed by atoms with Gasteiger partial charge in [-0.15, -0.1) is 0 Å². The summed E-state index contributed by atoms with van der Waals surface area (Å²) in [5, 5.41) is 3.02. The number of phosphoric acid groups is 1. The number of carbonyl (C=O) groups is 2. The lowest BCUT2D eigenvalue weighted by molar-refractivity contribution is -0.870. The zero-order valence-electron chi connectivity index (χ0n) is 48.3. The molecule has 0 saturated heterocycles. The molecule has 0 spiro atoms. The molecule has 1 amide bonds. The first-order valence-electron chi connectivity index (χ1n) is 30.3. The van der Waals surface area contributed by atoms with Crippen LogP contribution in [0, 0.1) is 0 Å². The molecule has 0 aliphatic rings. The predicted molar refractivity (Wildman–Crippen MR) is 312 cm³/mol. The molecule has 73 heavy (non-hydrogen) atoms. The summed E-state index contributed by atoms with van der Waals surface area (Å²) in [7, 11) is 1.17. The van der Waals surface area contributed by atoms with Crippen molar-refractivity contribution in [2.75, 3.05) is 40.9 Å². The molecule has 424 valence electrons. The number of rotatable bonds is 54. The second kappa shape index (κ2) is 52.9. The Morgan fingerprint density at radius 3 is 1.36 bits per heavy atom. The Balaban J connectivity index is 5.25. The van der Waals surface area contributed by atoms with Gasteiger partial charge in [0.1, 0.15) is 19.3 Å². The molecular formula is C63H115N2O7P. The fraction of sp³-hybridized carbons (Fsp3) is 0.778. The molecule has 1 N–H and O–H groups in total. The Morgan fingerprint density at radius 2 is 0.877 bits per heavy atom. The topological polar surface area (TPSA) is 114 Å². The molecular weight excluding hydrogens is 928 g/mol. The average molecular weight is 1040 g/mol. The van der Waals surface area contributed by atoms with Gasteiger partial charge < -0.3 is 28.5 Å². The van der Waals surface area contributed by atoms with E-state index in [9.17, 15) is 19.0 Å². The standard InChI is InChI=1S/C63H115N2O7P/c1-7-10-13-16-19-22-25-27-29-30-31-32-33-34-36-37-40-43-46-49-52-55-62(66)64-60(59-71-73(68,69)70-58-57-65(4,5)6)61(54-51-48-45-42-39-24-21-18-15-12-9-3)72-63(67)56-53-50-47-44-41-38-35-28-26-23-20-17-14-11-8-2/h19-20,22-23,26-29,31-32,51,54,60-61H,7-18,21,24-25,30,33-50,52-53,55-59H2,1-6H3,(H-,64,66,68,69)/b22-19-,23-20+,28-26+,29-27-,32-31-,54-51-. The number of hydrogen-bond acceptors (Lipinski definition) is 7. The number of hydrogen-bond donors (Lipinski definition) is 1. The largest absolute Gasteiger partial charge is 0.756 e. The number of carbonyl (C=O) groups excluding carboxylic acids is 2. The van der Waals surface area contributed by atoms with Gasteiger partial charge in [-0.3, -0.25) is 14.2 Å². The van der Waals surface area contributed by atoms with Gasteiger partial charge in [-0.05, 0) is 96.0 Å². The Kier molecular flexibility index (Phi) is 51.0. The molecule has 0 aromatic heterocycles. The van der Waals surface area contributed by atoms with Crippen molar-refractivity contribution in [3.05, 3.63) is 72.9 Å². The summed E-state index contributed by atoms with van der Waals surface area (Å²) >= 11 is 0. The second-order valence-electron chi connectivity index (χ2n) is 21.5. The van der Waals surface area contributed by atoms with Crippen LogP contribution in [0.25, 0.3) is 0 Å². The van der Waals surface area contributed by atoms with Crippen LogP contribution in [0.3, 0.4) is 0 Å². The first kappa shape index (κ1) is 70.5. The third kappa shape index (κ3) is 54.1. The molecule has 0 rings (SSSR count). The number of allylic oxidation sites excluding steroid dienone is 11. The lowest BCUT2D eigenvalue weighted by Crippen LogP contribution is -2.47. The Hall–Kier alpha value is -2.55. The van der Waals surface area contributed by atoms with Crippen LogP contribution in [0.4, 0.5) is 0 Å². The van der Waals surface area contributed by atoms with Crippen molar-refractivity contribution < 1.29 is 37.3 Å². The molecule has 0 saturated carbocycles. The van der Waals surface area contributed by atoms with Crippen LogP contribution in [-0.4, -0.2) is 69.4 Å². The molecule has 0 bridgehead atoms. The lowest BCUT2D eigenvalue weighted by Gasteiger charge is -2.30. The molecule has 0 fully saturated rings. The van der Waals surface area contributed by atoms with Crippen molar-refractivity contribution in [1.82, 2.24) is 5.32 Å². The highest BCUT2D eigenvalue weighted by Gasteiger charge is 2.27. The van der Waals surface area contributed by atoms with Crippen molar-refractivity contribution in [2.24, 2.45) is 0 Å². The number of nitrogens with one attached hydrogen (secondary N) is 1. The van der Waals surface area contributed by atoms with Gasteiger partial charge in [0.15, 0.2) is 0 Å². The summed E-state index contributed by atoms with van der Waals surface area (Å²) in [4.78, 5) is 39.9. The number of quaternary nitrogens is 1. The molecule has 3 atom stereocenters. The summed E-state index contributed by atoms with van der Waals surface area (Å²) in [6.45, 7) is 6.77. The van der Waals surface area contributed by atoms with E-state index >= 15 is 0 Å². The van der Waals surface area contributed by atoms with Crippen LogP contribution in [0.15, 0.2) is 72.9 Å². The number of esters is 1. The predicted octanol–water partition coefficient (Wildman–Crippen LogP) is 17.8. The summed E-state index contributed by atoms with van der Waals surface area (Å²) in [5.41, 5.74) is 0. The fourth-order valence-corrected chi connectivity index (χ4v) is 9.12. The monoisotopic (exact) mass is 1040 g/mol. The lowest BCUT2D eigenvalue weighted by atomic mass is 10.0. The minimum absolute atomic E-state index is 0.0282. The van der Waals surface area contributed by atoms with Gasteiger partial charge in [0, 0.05) is 12.8 Å². The number of phosphoric ester groups is 1. The van der Waals surface area contributed by atoms with E-state index < -0.39 is 26.6 Å². The summed E-state index contributed by atoms with van der Waals surface area (Å²) in [6.07, 6.45) is 67.2. The van der Waals surface area contributed by atoms with E-state index in [0.717, 1.165) is 103 Å². The maximum absolute atomic E-state index is 13.5. The van der Waals surface area contributed by atoms with Crippen LogP contribution in [-0.2, 0) is 27.9 Å². The van der Waals surface area contributed by atoms with Gasteiger partial charge >= 0.3 is 5.97 Å². The normalized spacial score (nSPS) is 14.2. The highest BCUT2D eigenvalue weighted by molar-refractivity contribution is 7.45. The number of unbranched alkanes of at least 4 members (excludes halogenated alkanes) is 29. The highest BCUT2D eigenvalue weighted by Crippen LogP contribution is 2.38. The van der Waals surface area contributed by atoms with Crippen molar-refractivity contribution in [3.8, 4) is 0 Å². The summed E-state index contributed by atoms with van der Waals surface area (Å²) in [5.74, 6) is -0.563. The Labute approximate surface area is 451 Å². The van der Waals surface area contributed by atoms with E-state index in [1.165, 1.54) is 122 Å². The molecule has 0 heterocycles. The molecule has 0 aliphatic carbocycles. The van der Waals surface area contributed by atoms with Gasteiger partial charge in [0.2, 0.25) is 5.91 Å². The number of amides is 1. The zero-order valence-corrected chi connectivity index (χ0v) is 49.2. The molecule has 3 unspecified atom stereocenters. The maximum Gasteiger partial charge on any atom is 0.306 e. The minimum atomic E-state index is -4.70. The van der Waals surface area contributed by atoms with Gasteiger partial charge in [-0.1, -0.05) is 229 Å². The van der Waals surface area contributed by atoms with Gasteiger partial charge in [-0.25, -0.2) is 0 Å². The third-order valence-corrected chi connectivity index (χ3v) is 14.1. The van der Waals surface area contributed by atoms with Crippen LogP contribution in [0.5, 0.6) is 0 Å². The fourth-order valence-electron chi connectivity index (χ4n) is 8.40. The van der Waals surface area contributed by atoms with E-state index in [0.29, 0.717) is 23.9 Å². The molecule has 10 heteroatoms. The average Bonchev–Trinajstić information content (AvgIpc) is 3.35. The molecule has 9 nitrogen and oxygen atoms in total. The van der Waals surface area contributed by atoms with Crippen LogP contribution >= 0.6 is 7.82 Å². The highest BCUT2D eigenvalue weighted by atomic mass is 31.2. The number of nitrogens with zero attached hydrogens (tertiary/aromatic N) is 1. The van der Waals surface area contributed by atoms with Crippen molar-refractivity contribution in [1.29, 1.82) is 0 Å². The minimum Gasteiger partial charge on any atom is -0.756 e. The van der Waals surface area contributed by atoms with E-state index in [2.05, 4.69) is 86.8 Å². The molecule has 0 aromatic carbocycles. The van der Waals surface area contributed by atoms with E-state index in [1.54, 1.807) is 0 Å². The smallest absolute Gasteiger partial charge is 0.306 e. The van der Waals surface area contributed by atoms with Crippen LogP contribution in [0.1, 0.15) is 265 Å². The van der Waals surface area contributed by atoms with Crippen molar-refractivity contribution in [2.45, 2.75) is 277 Å².